The molecule has 0 aliphatic rings. The zero-order valence-electron chi connectivity index (χ0n) is 9.84. The summed E-state index contributed by atoms with van der Waals surface area (Å²) in [5.41, 5.74) is -1.51. The molecule has 0 spiro atoms. The second-order valence-corrected chi connectivity index (χ2v) is 4.57. The van der Waals surface area contributed by atoms with Gasteiger partial charge in [-0.3, -0.25) is 4.79 Å². The van der Waals surface area contributed by atoms with Gasteiger partial charge in [0, 0.05) is 7.11 Å². The maximum Gasteiger partial charge on any atom is 0.252 e. The molecule has 0 aromatic heterocycles. The first-order valence-corrected chi connectivity index (χ1v) is 4.69. The van der Waals surface area contributed by atoms with Gasteiger partial charge in [0.15, 0.2) is 0 Å². The van der Waals surface area contributed by atoms with Gasteiger partial charge in [0.2, 0.25) is 0 Å². The maximum atomic E-state index is 11.7. The van der Waals surface area contributed by atoms with Crippen molar-refractivity contribution in [2.75, 3.05) is 7.11 Å². The first kappa shape index (κ1) is 13.4. The monoisotopic (exact) mass is 203 g/mol. The van der Waals surface area contributed by atoms with Crippen LogP contribution in [0.2, 0.25) is 0 Å². The van der Waals surface area contributed by atoms with Crippen molar-refractivity contribution in [2.24, 2.45) is 0 Å². The summed E-state index contributed by atoms with van der Waals surface area (Å²) in [6, 6.07) is 0. The second-order valence-electron chi connectivity index (χ2n) is 4.57. The minimum absolute atomic E-state index is 0.231. The fraction of sp³-hybridized carbons (Fsp3) is 0.900. The first-order chi connectivity index (χ1) is 6.13. The van der Waals surface area contributed by atoms with E-state index in [1.165, 1.54) is 7.11 Å². The summed E-state index contributed by atoms with van der Waals surface area (Å²) in [6.45, 7) is 8.53. The minimum atomic E-state index is -0.869. The Morgan fingerprint density at radius 3 is 2.07 bits per heavy atom. The van der Waals surface area contributed by atoms with E-state index < -0.39 is 17.2 Å². The normalized spacial score (nSPS) is 15.1. The second kappa shape index (κ2) is 4.28. The molecule has 84 valence electrons. The van der Waals surface area contributed by atoms with Gasteiger partial charge in [-0.05, 0) is 34.6 Å². The van der Waals surface area contributed by atoms with Crippen molar-refractivity contribution in [3.8, 4) is 0 Å². The van der Waals surface area contributed by atoms with E-state index in [1.54, 1.807) is 34.6 Å². The van der Waals surface area contributed by atoms with Gasteiger partial charge in [-0.25, -0.2) is 0 Å². The molecule has 0 radical (unpaired) electrons. The summed E-state index contributed by atoms with van der Waals surface area (Å²) in [4.78, 5) is 11.7. The van der Waals surface area contributed by atoms with Crippen molar-refractivity contribution in [3.05, 3.63) is 0 Å². The molecule has 0 saturated heterocycles. The predicted octanol–water partition coefficient (Wildman–Crippen LogP) is 0.687. The summed E-state index contributed by atoms with van der Waals surface area (Å²) in [7, 11) is 1.48. The smallest absolute Gasteiger partial charge is 0.252 e. The highest BCUT2D eigenvalue weighted by Crippen LogP contribution is 2.13. The molecule has 0 bridgehead atoms. The van der Waals surface area contributed by atoms with Crippen LogP contribution < -0.4 is 5.32 Å². The van der Waals surface area contributed by atoms with Gasteiger partial charge in [-0.15, -0.1) is 0 Å². The van der Waals surface area contributed by atoms with Crippen LogP contribution in [0.25, 0.3) is 0 Å². The molecule has 0 fully saturated rings. The molecule has 4 heteroatoms. The quantitative estimate of drug-likeness (QED) is 0.706. The predicted molar refractivity (Wildman–Crippen MR) is 55.0 cm³/mol. The van der Waals surface area contributed by atoms with Crippen molar-refractivity contribution in [3.63, 3.8) is 0 Å². The van der Waals surface area contributed by atoms with E-state index in [9.17, 15) is 9.90 Å². The van der Waals surface area contributed by atoms with Crippen LogP contribution in [0.1, 0.15) is 34.6 Å². The van der Waals surface area contributed by atoms with Crippen LogP contribution in [0, 0.1) is 0 Å². The standard InChI is InChI=1S/C10H21NO3/c1-7(12)9(2,3)11-8(13)10(4,5)14-6/h7,12H,1-6H3,(H,11,13). The molecule has 0 aromatic rings. The Balaban J connectivity index is 4.48. The molecular formula is C10H21NO3. The number of aliphatic hydroxyl groups excluding tert-OH is 1. The summed E-state index contributed by atoms with van der Waals surface area (Å²) >= 11 is 0. The van der Waals surface area contributed by atoms with Crippen LogP contribution >= 0.6 is 0 Å². The molecule has 1 unspecified atom stereocenters. The average Bonchev–Trinajstić information content (AvgIpc) is 2.03. The zero-order chi connectivity index (χ0) is 11.6. The lowest BCUT2D eigenvalue weighted by atomic mass is 9.97. The van der Waals surface area contributed by atoms with Gasteiger partial charge in [0.05, 0.1) is 11.6 Å². The number of aliphatic hydroxyl groups is 1. The maximum absolute atomic E-state index is 11.7. The van der Waals surface area contributed by atoms with E-state index in [0.717, 1.165) is 0 Å². The third-order valence-electron chi connectivity index (χ3n) is 2.54. The van der Waals surface area contributed by atoms with E-state index in [0.29, 0.717) is 0 Å². The van der Waals surface area contributed by atoms with Gasteiger partial charge in [-0.1, -0.05) is 0 Å². The molecular weight excluding hydrogens is 182 g/mol. The van der Waals surface area contributed by atoms with Gasteiger partial charge in [-0.2, -0.15) is 0 Å². The number of hydrogen-bond donors (Lipinski definition) is 2. The van der Waals surface area contributed by atoms with E-state index in [4.69, 9.17) is 4.74 Å². The number of rotatable bonds is 4. The third-order valence-corrected chi connectivity index (χ3v) is 2.54. The lowest BCUT2D eigenvalue weighted by Crippen LogP contribution is -2.56. The number of carbonyl (C=O) groups excluding carboxylic acids is 1. The highest BCUT2D eigenvalue weighted by Gasteiger charge is 2.33. The van der Waals surface area contributed by atoms with Crippen molar-refractivity contribution in [1.29, 1.82) is 0 Å². The van der Waals surface area contributed by atoms with E-state index in [1.807, 2.05) is 0 Å². The lowest BCUT2D eigenvalue weighted by Gasteiger charge is -2.33. The Morgan fingerprint density at radius 1 is 1.36 bits per heavy atom. The van der Waals surface area contributed by atoms with Crippen LogP contribution in [0.4, 0.5) is 0 Å². The number of hydrogen-bond acceptors (Lipinski definition) is 3. The Labute approximate surface area is 85.6 Å². The topological polar surface area (TPSA) is 58.6 Å². The van der Waals surface area contributed by atoms with E-state index >= 15 is 0 Å². The first-order valence-electron chi connectivity index (χ1n) is 4.69. The Hall–Kier alpha value is -0.610. The van der Waals surface area contributed by atoms with Crippen LogP contribution in [0.15, 0.2) is 0 Å². The van der Waals surface area contributed by atoms with Gasteiger partial charge >= 0.3 is 0 Å². The van der Waals surface area contributed by atoms with Gasteiger partial charge in [0.25, 0.3) is 5.91 Å². The van der Waals surface area contributed by atoms with Gasteiger partial charge in [0.1, 0.15) is 5.60 Å². The molecule has 0 aliphatic heterocycles. The molecule has 4 nitrogen and oxygen atoms in total. The van der Waals surface area contributed by atoms with E-state index in [2.05, 4.69) is 5.32 Å². The summed E-state index contributed by atoms with van der Waals surface area (Å²) in [5.74, 6) is -0.231. The average molecular weight is 203 g/mol. The summed E-state index contributed by atoms with van der Waals surface area (Å²) < 4.78 is 5.03. The highest BCUT2D eigenvalue weighted by atomic mass is 16.5. The number of ether oxygens (including phenoxy) is 1. The van der Waals surface area contributed by atoms with Crippen LogP contribution in [0.3, 0.4) is 0 Å². The zero-order valence-corrected chi connectivity index (χ0v) is 9.84. The summed E-state index contributed by atoms with van der Waals surface area (Å²) in [5, 5.41) is 12.1. The molecule has 1 amide bonds. The highest BCUT2D eigenvalue weighted by molar-refractivity contribution is 5.84. The molecule has 0 saturated carbocycles. The van der Waals surface area contributed by atoms with Crippen molar-refractivity contribution in [1.82, 2.24) is 5.32 Å². The van der Waals surface area contributed by atoms with Crippen molar-refractivity contribution >= 4 is 5.91 Å². The number of methoxy groups -OCH3 is 1. The summed E-state index contributed by atoms with van der Waals surface area (Å²) in [6.07, 6.45) is -0.612. The molecule has 14 heavy (non-hydrogen) atoms. The molecule has 0 aliphatic carbocycles. The minimum Gasteiger partial charge on any atom is -0.391 e. The molecule has 0 rings (SSSR count). The molecule has 1 atom stereocenters. The molecule has 2 N–H and O–H groups in total. The van der Waals surface area contributed by atoms with Crippen molar-refractivity contribution in [2.45, 2.75) is 51.9 Å². The third kappa shape index (κ3) is 3.27. The van der Waals surface area contributed by atoms with Crippen LogP contribution in [-0.2, 0) is 9.53 Å². The number of carbonyl (C=O) groups is 1. The lowest BCUT2D eigenvalue weighted by molar-refractivity contribution is -0.142. The number of amides is 1. The Bertz CT molecular complexity index is 209. The SMILES string of the molecule is COC(C)(C)C(=O)NC(C)(C)C(C)O. The Kier molecular flexibility index (Phi) is 4.09. The molecule has 0 aromatic carbocycles. The van der Waals surface area contributed by atoms with Crippen LogP contribution in [-0.4, -0.2) is 35.4 Å². The Morgan fingerprint density at radius 2 is 1.79 bits per heavy atom. The molecule has 0 heterocycles. The van der Waals surface area contributed by atoms with Crippen LogP contribution in [0.5, 0.6) is 0 Å². The fourth-order valence-corrected chi connectivity index (χ4v) is 0.640. The van der Waals surface area contributed by atoms with Crippen molar-refractivity contribution < 1.29 is 14.6 Å². The largest absolute Gasteiger partial charge is 0.391 e. The fourth-order valence-electron chi connectivity index (χ4n) is 0.640. The van der Waals surface area contributed by atoms with Gasteiger partial charge < -0.3 is 15.2 Å². The number of nitrogens with one attached hydrogen (secondary N) is 1. The van der Waals surface area contributed by atoms with E-state index in [-0.39, 0.29) is 5.91 Å².